The lowest BCUT2D eigenvalue weighted by Gasteiger charge is -2.13. The maximum Gasteiger partial charge on any atom is 0.406 e. The zero-order chi connectivity index (χ0) is 6.55. The average molecular weight is 136 g/mol. The lowest BCUT2D eigenvalue weighted by molar-refractivity contribution is -0.116. The molecule has 1 aromatic rings. The molecule has 2 aliphatic heterocycles. The van der Waals surface area contributed by atoms with Crippen molar-refractivity contribution in [2.75, 3.05) is 0 Å². The van der Waals surface area contributed by atoms with Gasteiger partial charge >= 0.3 is 6.48 Å². The minimum Gasteiger partial charge on any atom is -0.423 e. The fourth-order valence-electron chi connectivity index (χ4n) is 1.14. The van der Waals surface area contributed by atoms with E-state index in [4.69, 9.17) is 14.2 Å². The van der Waals surface area contributed by atoms with Crippen molar-refractivity contribution in [1.82, 2.24) is 0 Å². The third-order valence-electron chi connectivity index (χ3n) is 1.59. The van der Waals surface area contributed by atoms with Crippen molar-refractivity contribution in [2.45, 2.75) is 6.48 Å². The van der Waals surface area contributed by atoms with Crippen molar-refractivity contribution in [3.63, 3.8) is 0 Å². The highest BCUT2D eigenvalue weighted by Crippen LogP contribution is 2.41. The van der Waals surface area contributed by atoms with Gasteiger partial charge in [-0.15, -0.1) is 0 Å². The van der Waals surface area contributed by atoms with Gasteiger partial charge in [0.05, 0.1) is 0 Å². The zero-order valence-corrected chi connectivity index (χ0v) is 5.03. The summed E-state index contributed by atoms with van der Waals surface area (Å²) in [4.78, 5) is 0. The Kier molecular flexibility index (Phi) is 0.537. The van der Waals surface area contributed by atoms with Crippen molar-refractivity contribution >= 4 is 0 Å². The molecule has 0 saturated carbocycles. The molecule has 50 valence electrons. The number of benzene rings is 1. The van der Waals surface area contributed by atoms with Crippen molar-refractivity contribution < 1.29 is 14.2 Å². The van der Waals surface area contributed by atoms with Crippen LogP contribution in [-0.2, 0) is 0 Å². The van der Waals surface area contributed by atoms with Gasteiger partial charge in [0.25, 0.3) is 0 Å². The van der Waals surface area contributed by atoms with E-state index in [9.17, 15) is 0 Å². The van der Waals surface area contributed by atoms with Crippen LogP contribution in [-0.4, -0.2) is 6.48 Å². The molecule has 1 unspecified atom stereocenters. The van der Waals surface area contributed by atoms with E-state index in [0.29, 0.717) is 0 Å². The molecule has 0 amide bonds. The predicted octanol–water partition coefficient (Wildman–Crippen LogP) is 1.13. The Morgan fingerprint density at radius 3 is 2.90 bits per heavy atom. The summed E-state index contributed by atoms with van der Waals surface area (Å²) < 4.78 is 15.5. The van der Waals surface area contributed by atoms with Crippen LogP contribution in [0.5, 0.6) is 17.2 Å². The lowest BCUT2D eigenvalue weighted by atomic mass is 10.3. The fraction of sp³-hybridized carbons (Fsp3) is 0.143. The lowest BCUT2D eigenvalue weighted by Crippen LogP contribution is -2.26. The highest BCUT2D eigenvalue weighted by molar-refractivity contribution is 5.49. The van der Waals surface area contributed by atoms with Crippen LogP contribution in [0.3, 0.4) is 0 Å². The van der Waals surface area contributed by atoms with Gasteiger partial charge in [0, 0.05) is 6.07 Å². The largest absolute Gasteiger partial charge is 0.423 e. The maximum atomic E-state index is 5.17. The van der Waals surface area contributed by atoms with E-state index in [-0.39, 0.29) is 0 Å². The monoisotopic (exact) mass is 136 g/mol. The van der Waals surface area contributed by atoms with Crippen molar-refractivity contribution in [3.05, 3.63) is 18.2 Å². The highest BCUT2D eigenvalue weighted by Gasteiger charge is 2.30. The summed E-state index contributed by atoms with van der Waals surface area (Å²) in [5.74, 6) is 2.37. The average Bonchev–Trinajstić information content (AvgIpc) is 2.11. The number of hydrogen-bond donors (Lipinski definition) is 0. The van der Waals surface area contributed by atoms with E-state index in [1.165, 1.54) is 0 Å². The van der Waals surface area contributed by atoms with Crippen LogP contribution in [0, 0.1) is 0 Å². The Hall–Kier alpha value is -1.38. The molecule has 0 fully saturated rings. The highest BCUT2D eigenvalue weighted by atomic mass is 16.9. The Morgan fingerprint density at radius 2 is 1.90 bits per heavy atom. The summed E-state index contributed by atoms with van der Waals surface area (Å²) in [5.41, 5.74) is 0. The summed E-state index contributed by atoms with van der Waals surface area (Å²) in [5, 5.41) is 0. The number of rotatable bonds is 0. The van der Waals surface area contributed by atoms with E-state index >= 15 is 0 Å². The molecule has 10 heavy (non-hydrogen) atoms. The molecule has 2 heterocycles. The summed E-state index contributed by atoms with van der Waals surface area (Å²) in [7, 11) is 0. The fourth-order valence-corrected chi connectivity index (χ4v) is 1.14. The Morgan fingerprint density at radius 1 is 1.00 bits per heavy atom. The second kappa shape index (κ2) is 1.21. The van der Waals surface area contributed by atoms with Gasteiger partial charge in [-0.1, -0.05) is 0 Å². The van der Waals surface area contributed by atoms with E-state index in [1.54, 1.807) is 0 Å². The predicted molar refractivity (Wildman–Crippen MR) is 32.1 cm³/mol. The quantitative estimate of drug-likeness (QED) is 0.535. The van der Waals surface area contributed by atoms with Gasteiger partial charge in [0.15, 0.2) is 11.5 Å². The van der Waals surface area contributed by atoms with Crippen LogP contribution in [0.1, 0.15) is 0 Å². The molecule has 3 nitrogen and oxygen atoms in total. The Balaban J connectivity index is 2.38. The first-order chi connectivity index (χ1) is 4.92. The summed E-state index contributed by atoms with van der Waals surface area (Å²) in [6, 6.07) is 5.53. The molecule has 0 aromatic heterocycles. The van der Waals surface area contributed by atoms with Crippen LogP contribution in [0.4, 0.5) is 0 Å². The van der Waals surface area contributed by atoms with Crippen molar-refractivity contribution in [3.8, 4) is 17.2 Å². The molecular formula is C7H4O3. The van der Waals surface area contributed by atoms with E-state index in [2.05, 4.69) is 0 Å². The van der Waals surface area contributed by atoms with Gasteiger partial charge < -0.3 is 14.2 Å². The topological polar surface area (TPSA) is 27.7 Å². The first-order valence-corrected chi connectivity index (χ1v) is 3.06. The minimum absolute atomic E-state index is 0.528. The molecule has 0 saturated heterocycles. The first kappa shape index (κ1) is 4.44. The third-order valence-corrected chi connectivity index (χ3v) is 1.59. The number of hydrogen-bond acceptors (Lipinski definition) is 3. The Bertz CT molecular complexity index is 290. The molecule has 3 heteroatoms. The van der Waals surface area contributed by atoms with Crippen LogP contribution in [0.25, 0.3) is 0 Å². The van der Waals surface area contributed by atoms with Gasteiger partial charge in [0.1, 0.15) is 5.75 Å². The van der Waals surface area contributed by atoms with Crippen molar-refractivity contribution in [1.29, 1.82) is 0 Å². The van der Waals surface area contributed by atoms with Crippen LogP contribution in [0.15, 0.2) is 18.2 Å². The molecule has 1 aromatic carbocycles. The van der Waals surface area contributed by atoms with Crippen LogP contribution < -0.4 is 14.2 Å². The van der Waals surface area contributed by atoms with Gasteiger partial charge in [-0.3, -0.25) is 0 Å². The maximum absolute atomic E-state index is 5.17. The molecule has 0 N–H and O–H groups in total. The molecule has 0 aliphatic carbocycles. The molecule has 0 radical (unpaired) electrons. The summed E-state index contributed by atoms with van der Waals surface area (Å²) >= 11 is 0. The summed E-state index contributed by atoms with van der Waals surface area (Å²) in [6.07, 6.45) is 0. The van der Waals surface area contributed by atoms with Gasteiger partial charge in [-0.2, -0.15) is 0 Å². The van der Waals surface area contributed by atoms with Crippen LogP contribution >= 0.6 is 0 Å². The van der Waals surface area contributed by atoms with E-state index in [0.717, 1.165) is 17.2 Å². The second-order valence-electron chi connectivity index (χ2n) is 2.25. The molecule has 2 aliphatic rings. The standard InChI is InChI=1S/C7H4O3/c1-2-5-6-3-4(1)8-7(9-5)10-6/h1-3,7H. The number of fused-ring (bicyclic) bond motifs is 2. The first-order valence-electron chi connectivity index (χ1n) is 3.06. The molecule has 3 rings (SSSR count). The molecule has 3 bridgehead atoms. The molecular weight excluding hydrogens is 132 g/mol. The van der Waals surface area contributed by atoms with Crippen LogP contribution in [0.2, 0.25) is 0 Å². The molecule has 1 atom stereocenters. The van der Waals surface area contributed by atoms with Crippen molar-refractivity contribution in [2.24, 2.45) is 0 Å². The minimum atomic E-state index is -0.528. The van der Waals surface area contributed by atoms with Gasteiger partial charge in [-0.05, 0) is 12.1 Å². The third kappa shape index (κ3) is 0.375. The van der Waals surface area contributed by atoms with Gasteiger partial charge in [0.2, 0.25) is 0 Å². The molecule has 0 spiro atoms. The smallest absolute Gasteiger partial charge is 0.406 e. The van der Waals surface area contributed by atoms with Gasteiger partial charge in [-0.25, -0.2) is 0 Å². The second-order valence-corrected chi connectivity index (χ2v) is 2.25. The van der Waals surface area contributed by atoms with E-state index in [1.807, 2.05) is 18.2 Å². The number of ether oxygens (including phenoxy) is 3. The SMILES string of the molecule is c1cc2c3cc1OC(O2)O3. The normalized spacial score (nSPS) is 23.4. The Labute approximate surface area is 57.1 Å². The van der Waals surface area contributed by atoms with E-state index < -0.39 is 6.48 Å². The zero-order valence-electron chi connectivity index (χ0n) is 5.03. The summed E-state index contributed by atoms with van der Waals surface area (Å²) in [6.45, 7) is -0.528.